The summed E-state index contributed by atoms with van der Waals surface area (Å²) in [5.41, 5.74) is 0. The average Bonchev–Trinajstić information content (AvgIpc) is 2.30. The first-order valence-electron chi connectivity index (χ1n) is 6.68. The molecule has 2 rings (SSSR count). The molecule has 0 aromatic rings. The van der Waals surface area contributed by atoms with E-state index in [1.165, 1.54) is 32.1 Å². The van der Waals surface area contributed by atoms with Crippen LogP contribution in [0.1, 0.15) is 44.9 Å². The number of rotatable bonds is 3. The number of hydrogen-bond acceptors (Lipinski definition) is 2. The third kappa shape index (κ3) is 4.47. The monoisotopic (exact) mass is 261 g/mol. The summed E-state index contributed by atoms with van der Waals surface area (Å²) in [7, 11) is 0. The molecule has 17 heavy (non-hydrogen) atoms. The molecule has 1 saturated carbocycles. The van der Waals surface area contributed by atoms with Gasteiger partial charge in [-0.15, -0.1) is 12.4 Å². The van der Waals surface area contributed by atoms with E-state index in [0.717, 1.165) is 31.3 Å². The molecular weight excluding hydrogens is 238 g/mol. The number of aliphatic carboxylic acids is 1. The van der Waals surface area contributed by atoms with Crippen LogP contribution in [0, 0.1) is 17.8 Å². The fraction of sp³-hybridized carbons (Fsp3) is 0.923. The average molecular weight is 262 g/mol. The minimum atomic E-state index is -0.643. The largest absolute Gasteiger partial charge is 0.481 e. The van der Waals surface area contributed by atoms with Gasteiger partial charge in [0, 0.05) is 6.42 Å². The molecule has 1 heterocycles. The number of carboxylic acid groups (broad SMARTS) is 1. The fourth-order valence-corrected chi connectivity index (χ4v) is 3.43. The molecule has 2 fully saturated rings. The minimum absolute atomic E-state index is 0. The molecule has 0 aromatic carbocycles. The molecule has 1 aliphatic carbocycles. The molecule has 3 nitrogen and oxygen atoms in total. The Morgan fingerprint density at radius 3 is 2.47 bits per heavy atom. The number of hydrogen-bond donors (Lipinski definition) is 2. The van der Waals surface area contributed by atoms with Crippen molar-refractivity contribution in [3.63, 3.8) is 0 Å². The van der Waals surface area contributed by atoms with E-state index in [1.54, 1.807) is 0 Å². The molecule has 2 atom stereocenters. The zero-order valence-electron chi connectivity index (χ0n) is 10.4. The number of piperidine rings is 1. The number of halogens is 1. The normalized spacial score (nSPS) is 30.6. The lowest BCUT2D eigenvalue weighted by molar-refractivity contribution is -0.138. The van der Waals surface area contributed by atoms with E-state index in [1.807, 2.05) is 0 Å². The van der Waals surface area contributed by atoms with Gasteiger partial charge in [-0.1, -0.05) is 32.1 Å². The van der Waals surface area contributed by atoms with E-state index in [-0.39, 0.29) is 12.4 Å². The first-order valence-corrected chi connectivity index (χ1v) is 6.68. The Balaban J connectivity index is 0.00000144. The topological polar surface area (TPSA) is 49.3 Å². The third-order valence-corrected chi connectivity index (χ3v) is 4.26. The lowest BCUT2D eigenvalue weighted by atomic mass is 9.74. The molecule has 100 valence electrons. The van der Waals surface area contributed by atoms with Crippen molar-refractivity contribution >= 4 is 18.4 Å². The van der Waals surface area contributed by atoms with E-state index >= 15 is 0 Å². The molecule has 0 spiro atoms. The highest BCUT2D eigenvalue weighted by Gasteiger charge is 2.29. The predicted molar refractivity (Wildman–Crippen MR) is 70.5 cm³/mol. The van der Waals surface area contributed by atoms with Crippen LogP contribution in [-0.4, -0.2) is 24.2 Å². The second kappa shape index (κ2) is 7.22. The quantitative estimate of drug-likeness (QED) is 0.821. The zero-order chi connectivity index (χ0) is 11.4. The Morgan fingerprint density at radius 2 is 1.82 bits per heavy atom. The summed E-state index contributed by atoms with van der Waals surface area (Å²) in [6.45, 7) is 2.01. The predicted octanol–water partition coefficient (Wildman–Crippen LogP) is 2.69. The van der Waals surface area contributed by atoms with Crippen molar-refractivity contribution in [1.29, 1.82) is 0 Å². The highest BCUT2D eigenvalue weighted by Crippen LogP contribution is 2.35. The van der Waals surface area contributed by atoms with Gasteiger partial charge in [-0.2, -0.15) is 0 Å². The molecule has 4 heteroatoms. The van der Waals surface area contributed by atoms with Crippen LogP contribution >= 0.6 is 12.4 Å². The Kier molecular flexibility index (Phi) is 6.28. The number of carbonyl (C=O) groups is 1. The van der Waals surface area contributed by atoms with Crippen molar-refractivity contribution in [2.45, 2.75) is 44.9 Å². The van der Waals surface area contributed by atoms with E-state index in [2.05, 4.69) is 5.32 Å². The summed E-state index contributed by atoms with van der Waals surface area (Å²) in [5, 5.41) is 12.3. The first-order chi connectivity index (χ1) is 7.75. The van der Waals surface area contributed by atoms with Crippen LogP contribution in [0.5, 0.6) is 0 Å². The van der Waals surface area contributed by atoms with Gasteiger partial charge in [-0.25, -0.2) is 0 Å². The minimum Gasteiger partial charge on any atom is -0.481 e. The van der Waals surface area contributed by atoms with Crippen molar-refractivity contribution in [1.82, 2.24) is 5.32 Å². The van der Waals surface area contributed by atoms with Crippen molar-refractivity contribution in [3.8, 4) is 0 Å². The van der Waals surface area contributed by atoms with Gasteiger partial charge >= 0.3 is 5.97 Å². The molecule has 2 aliphatic rings. The Hall–Kier alpha value is -0.280. The van der Waals surface area contributed by atoms with Gasteiger partial charge in [0.2, 0.25) is 0 Å². The van der Waals surface area contributed by atoms with Crippen molar-refractivity contribution in [3.05, 3.63) is 0 Å². The molecule has 0 unspecified atom stereocenters. The summed E-state index contributed by atoms with van der Waals surface area (Å²) in [6.07, 6.45) is 8.36. The summed E-state index contributed by atoms with van der Waals surface area (Å²) in [5.74, 6) is 1.31. The molecule has 0 bridgehead atoms. The molecular formula is C13H24ClNO2. The van der Waals surface area contributed by atoms with Crippen LogP contribution in [0.3, 0.4) is 0 Å². The second-order valence-electron chi connectivity index (χ2n) is 5.52. The van der Waals surface area contributed by atoms with E-state index in [4.69, 9.17) is 5.11 Å². The maximum Gasteiger partial charge on any atom is 0.303 e. The van der Waals surface area contributed by atoms with Gasteiger partial charge in [-0.3, -0.25) is 4.79 Å². The summed E-state index contributed by atoms with van der Waals surface area (Å²) >= 11 is 0. The van der Waals surface area contributed by atoms with Gasteiger partial charge in [0.05, 0.1) is 0 Å². The number of nitrogens with one attached hydrogen (secondary N) is 1. The van der Waals surface area contributed by atoms with Crippen LogP contribution in [0.15, 0.2) is 0 Å². The van der Waals surface area contributed by atoms with Crippen LogP contribution in [0.2, 0.25) is 0 Å². The maximum atomic E-state index is 10.7. The number of carboxylic acids is 1. The Labute approximate surface area is 110 Å². The van der Waals surface area contributed by atoms with Gasteiger partial charge in [-0.05, 0) is 37.3 Å². The van der Waals surface area contributed by atoms with E-state index < -0.39 is 5.97 Å². The smallest absolute Gasteiger partial charge is 0.303 e. The highest BCUT2D eigenvalue weighted by molar-refractivity contribution is 5.85. The lowest BCUT2D eigenvalue weighted by Crippen LogP contribution is -2.40. The van der Waals surface area contributed by atoms with Crippen LogP contribution in [-0.2, 0) is 4.79 Å². The van der Waals surface area contributed by atoms with Crippen LogP contribution < -0.4 is 5.32 Å². The molecule has 2 N–H and O–H groups in total. The van der Waals surface area contributed by atoms with Gasteiger partial charge in [0.15, 0.2) is 0 Å². The van der Waals surface area contributed by atoms with Crippen molar-refractivity contribution in [2.75, 3.05) is 13.1 Å². The molecule has 0 aromatic heterocycles. The van der Waals surface area contributed by atoms with Crippen LogP contribution in [0.25, 0.3) is 0 Å². The van der Waals surface area contributed by atoms with E-state index in [9.17, 15) is 4.79 Å². The SMILES string of the molecule is Cl.O=C(O)C[C@@H]1CNC[C@H](C2CCCCC2)C1. The Morgan fingerprint density at radius 1 is 1.12 bits per heavy atom. The molecule has 0 amide bonds. The van der Waals surface area contributed by atoms with Crippen molar-refractivity contribution in [2.24, 2.45) is 17.8 Å². The lowest BCUT2D eigenvalue weighted by Gasteiger charge is -2.36. The summed E-state index contributed by atoms with van der Waals surface area (Å²) < 4.78 is 0. The molecule has 1 saturated heterocycles. The van der Waals surface area contributed by atoms with Crippen LogP contribution in [0.4, 0.5) is 0 Å². The first kappa shape index (κ1) is 14.8. The van der Waals surface area contributed by atoms with Crippen molar-refractivity contribution < 1.29 is 9.90 Å². The van der Waals surface area contributed by atoms with E-state index in [0.29, 0.717) is 12.3 Å². The molecule has 1 aliphatic heterocycles. The standard InChI is InChI=1S/C13H23NO2.ClH/c15-13(16)7-10-6-12(9-14-8-10)11-4-2-1-3-5-11;/h10-12,14H,1-9H2,(H,15,16);1H/t10-,12-;/m1./s1. The fourth-order valence-electron chi connectivity index (χ4n) is 3.43. The Bertz CT molecular complexity index is 242. The molecule has 0 radical (unpaired) electrons. The maximum absolute atomic E-state index is 10.7. The van der Waals surface area contributed by atoms with Gasteiger partial charge in [0.25, 0.3) is 0 Å². The third-order valence-electron chi connectivity index (χ3n) is 4.26. The van der Waals surface area contributed by atoms with Gasteiger partial charge in [0.1, 0.15) is 0 Å². The highest BCUT2D eigenvalue weighted by atomic mass is 35.5. The summed E-state index contributed by atoms with van der Waals surface area (Å²) in [4.78, 5) is 10.7. The summed E-state index contributed by atoms with van der Waals surface area (Å²) in [6, 6.07) is 0. The van der Waals surface area contributed by atoms with Gasteiger partial charge < -0.3 is 10.4 Å². The zero-order valence-corrected chi connectivity index (χ0v) is 11.2. The second-order valence-corrected chi connectivity index (χ2v) is 5.52.